The molecule has 3 aromatic rings. The molecule has 1 aromatic heterocycles. The quantitative estimate of drug-likeness (QED) is 0.486. The topological polar surface area (TPSA) is 74.8 Å². The van der Waals surface area contributed by atoms with Crippen LogP contribution >= 0.6 is 0 Å². The number of aromatic nitrogens is 1. The number of para-hydroxylation sites is 1. The van der Waals surface area contributed by atoms with Crippen molar-refractivity contribution in [1.82, 2.24) is 9.88 Å². The number of piperidine rings is 1. The highest BCUT2D eigenvalue weighted by Crippen LogP contribution is 2.37. The number of likely N-dealkylation sites (tertiary alicyclic amines) is 1. The van der Waals surface area contributed by atoms with Gasteiger partial charge in [-0.2, -0.15) is 0 Å². The van der Waals surface area contributed by atoms with Gasteiger partial charge in [-0.25, -0.2) is 9.78 Å². The molecular weight excluding hydrogens is 476 g/mol. The lowest BCUT2D eigenvalue weighted by Gasteiger charge is -2.46. The van der Waals surface area contributed by atoms with Crippen molar-refractivity contribution in [3.05, 3.63) is 95.7 Å². The fraction of sp³-hybridized carbons (Fsp3) is 0.323. The number of hydrogen-bond donors (Lipinski definition) is 1. The van der Waals surface area contributed by atoms with Crippen molar-refractivity contribution in [1.29, 1.82) is 0 Å². The van der Waals surface area contributed by atoms with Crippen molar-refractivity contribution >= 4 is 29.4 Å². The second-order valence-corrected chi connectivity index (χ2v) is 10.4. The van der Waals surface area contributed by atoms with Gasteiger partial charge in [-0.05, 0) is 42.3 Å². The molecule has 0 radical (unpaired) electrons. The number of Topliss-reactive ketones (excluding diaryl/α,β-unsaturated/α-hetero) is 1. The van der Waals surface area contributed by atoms with Crippen LogP contribution in [0.4, 0.5) is 16.3 Å². The number of pyridine rings is 1. The van der Waals surface area contributed by atoms with Gasteiger partial charge in [-0.1, -0.05) is 68.4 Å². The van der Waals surface area contributed by atoms with E-state index in [1.54, 1.807) is 4.90 Å². The van der Waals surface area contributed by atoms with Gasteiger partial charge in [0.15, 0.2) is 5.78 Å². The Balaban J connectivity index is 1.47. The van der Waals surface area contributed by atoms with Gasteiger partial charge < -0.3 is 19.9 Å². The number of ketones is 1. The van der Waals surface area contributed by atoms with Crippen molar-refractivity contribution in [2.75, 3.05) is 43.1 Å². The SMILES string of the molecule is CC1(C)C(=O)C(=Cc2cccc(N3CCOCC3)n2)CN(C(=O)Nc2ccccc2)C1Cc1ccccc1. The summed E-state index contributed by atoms with van der Waals surface area (Å²) in [6.07, 6.45) is 2.43. The summed E-state index contributed by atoms with van der Waals surface area (Å²) >= 11 is 0. The second kappa shape index (κ2) is 11.2. The number of urea groups is 1. The molecule has 2 fully saturated rings. The number of nitrogens with one attached hydrogen (secondary N) is 1. The summed E-state index contributed by atoms with van der Waals surface area (Å²) in [5, 5.41) is 3.03. The Morgan fingerprint density at radius 3 is 2.39 bits per heavy atom. The summed E-state index contributed by atoms with van der Waals surface area (Å²) < 4.78 is 5.47. The number of carbonyl (C=O) groups is 2. The molecule has 3 heterocycles. The lowest BCUT2D eigenvalue weighted by molar-refractivity contribution is -0.128. The Kier molecular flexibility index (Phi) is 7.56. The first-order valence-electron chi connectivity index (χ1n) is 13.1. The molecule has 2 aliphatic rings. The number of amides is 2. The van der Waals surface area contributed by atoms with Crippen LogP contribution in [0.1, 0.15) is 25.1 Å². The Labute approximate surface area is 224 Å². The van der Waals surface area contributed by atoms with E-state index in [-0.39, 0.29) is 24.4 Å². The molecule has 38 heavy (non-hydrogen) atoms. The number of hydrogen-bond acceptors (Lipinski definition) is 5. The van der Waals surface area contributed by atoms with Crippen LogP contribution in [0.2, 0.25) is 0 Å². The van der Waals surface area contributed by atoms with E-state index < -0.39 is 5.41 Å². The highest BCUT2D eigenvalue weighted by molar-refractivity contribution is 6.06. The molecule has 1 unspecified atom stereocenters. The third-order valence-corrected chi connectivity index (χ3v) is 7.40. The van der Waals surface area contributed by atoms with Gasteiger partial charge in [0.1, 0.15) is 5.82 Å². The largest absolute Gasteiger partial charge is 0.378 e. The smallest absolute Gasteiger partial charge is 0.322 e. The van der Waals surface area contributed by atoms with E-state index >= 15 is 0 Å². The van der Waals surface area contributed by atoms with Crippen LogP contribution < -0.4 is 10.2 Å². The van der Waals surface area contributed by atoms with Gasteiger partial charge in [0, 0.05) is 29.8 Å². The molecule has 2 amide bonds. The Bertz CT molecular complexity index is 1300. The molecule has 2 saturated heterocycles. The average Bonchev–Trinajstić information content (AvgIpc) is 2.95. The first-order valence-corrected chi connectivity index (χ1v) is 13.1. The molecule has 7 nitrogen and oxygen atoms in total. The normalized spacial score (nSPS) is 20.4. The summed E-state index contributed by atoms with van der Waals surface area (Å²) in [4.78, 5) is 36.4. The predicted molar refractivity (Wildman–Crippen MR) is 150 cm³/mol. The van der Waals surface area contributed by atoms with Crippen LogP contribution in [0.15, 0.2) is 84.4 Å². The zero-order chi connectivity index (χ0) is 26.5. The summed E-state index contributed by atoms with van der Waals surface area (Å²) in [6.45, 7) is 7.01. The standard InChI is InChI=1S/C31H34N4O3/c1-31(2)27(20-23-10-5-3-6-11-23)35(30(37)33-25-12-7-4-8-13-25)22-24(29(31)36)21-26-14-9-15-28(32-26)34-16-18-38-19-17-34/h3-15,21,27H,16-20,22H2,1-2H3,(H,33,37). The summed E-state index contributed by atoms with van der Waals surface area (Å²) in [5.74, 6) is 0.909. The number of rotatable bonds is 5. The fourth-order valence-corrected chi connectivity index (χ4v) is 5.23. The first-order chi connectivity index (χ1) is 18.4. The molecule has 0 spiro atoms. The lowest BCUT2D eigenvalue weighted by Crippen LogP contribution is -2.59. The number of carbonyl (C=O) groups excluding carboxylic acids is 2. The van der Waals surface area contributed by atoms with Crippen molar-refractivity contribution in [2.24, 2.45) is 5.41 Å². The van der Waals surface area contributed by atoms with Gasteiger partial charge >= 0.3 is 6.03 Å². The van der Waals surface area contributed by atoms with E-state index in [4.69, 9.17) is 9.72 Å². The third kappa shape index (κ3) is 5.63. The summed E-state index contributed by atoms with van der Waals surface area (Å²) in [7, 11) is 0. The maximum atomic E-state index is 13.9. The molecule has 1 atom stereocenters. The Hall–Kier alpha value is -3.97. The summed E-state index contributed by atoms with van der Waals surface area (Å²) in [5.41, 5.74) is 2.29. The number of ether oxygens (including phenoxy) is 1. The number of anilines is 2. The minimum absolute atomic E-state index is 0.0424. The van der Waals surface area contributed by atoms with Crippen LogP contribution in [0.3, 0.4) is 0 Å². The molecule has 2 aliphatic heterocycles. The maximum absolute atomic E-state index is 13.9. The first kappa shape index (κ1) is 25.7. The molecule has 0 aliphatic carbocycles. The van der Waals surface area contributed by atoms with E-state index in [2.05, 4.69) is 10.2 Å². The molecule has 2 aromatic carbocycles. The van der Waals surface area contributed by atoms with Gasteiger partial charge in [0.2, 0.25) is 0 Å². The minimum Gasteiger partial charge on any atom is -0.378 e. The molecular formula is C31H34N4O3. The molecule has 7 heteroatoms. The number of benzene rings is 2. The number of nitrogens with zero attached hydrogens (tertiary/aromatic N) is 3. The summed E-state index contributed by atoms with van der Waals surface area (Å²) in [6, 6.07) is 24.7. The van der Waals surface area contributed by atoms with Crippen molar-refractivity contribution in [2.45, 2.75) is 26.3 Å². The molecule has 5 rings (SSSR count). The van der Waals surface area contributed by atoms with Crippen LogP contribution in [0, 0.1) is 5.41 Å². The molecule has 0 saturated carbocycles. The van der Waals surface area contributed by atoms with E-state index in [0.29, 0.717) is 30.9 Å². The fourth-order valence-electron chi connectivity index (χ4n) is 5.23. The van der Waals surface area contributed by atoms with Crippen LogP contribution in [-0.2, 0) is 16.0 Å². The average molecular weight is 511 g/mol. The Morgan fingerprint density at radius 1 is 1.00 bits per heavy atom. The maximum Gasteiger partial charge on any atom is 0.322 e. The zero-order valence-electron chi connectivity index (χ0n) is 22.0. The van der Waals surface area contributed by atoms with E-state index in [1.165, 1.54) is 0 Å². The molecule has 0 bridgehead atoms. The van der Waals surface area contributed by atoms with Gasteiger partial charge in [-0.15, -0.1) is 0 Å². The third-order valence-electron chi connectivity index (χ3n) is 7.40. The van der Waals surface area contributed by atoms with Crippen molar-refractivity contribution < 1.29 is 14.3 Å². The van der Waals surface area contributed by atoms with Crippen LogP contribution in [0.5, 0.6) is 0 Å². The van der Waals surface area contributed by atoms with Crippen LogP contribution in [0.25, 0.3) is 6.08 Å². The van der Waals surface area contributed by atoms with E-state index in [1.807, 2.05) is 98.8 Å². The van der Waals surface area contributed by atoms with E-state index in [9.17, 15) is 9.59 Å². The molecule has 196 valence electrons. The minimum atomic E-state index is -0.796. The van der Waals surface area contributed by atoms with Gasteiger partial charge in [-0.3, -0.25) is 4.79 Å². The van der Waals surface area contributed by atoms with Crippen molar-refractivity contribution in [3.8, 4) is 0 Å². The Morgan fingerprint density at radius 2 is 1.68 bits per heavy atom. The van der Waals surface area contributed by atoms with Crippen molar-refractivity contribution in [3.63, 3.8) is 0 Å². The highest BCUT2D eigenvalue weighted by atomic mass is 16.5. The molecule has 1 N–H and O–H groups in total. The lowest BCUT2D eigenvalue weighted by atomic mass is 9.71. The zero-order valence-corrected chi connectivity index (χ0v) is 22.0. The van der Waals surface area contributed by atoms with Crippen LogP contribution in [-0.4, -0.2) is 60.6 Å². The predicted octanol–water partition coefficient (Wildman–Crippen LogP) is 5.06. The number of morpholine rings is 1. The highest BCUT2D eigenvalue weighted by Gasteiger charge is 2.47. The van der Waals surface area contributed by atoms with E-state index in [0.717, 1.165) is 30.2 Å². The van der Waals surface area contributed by atoms with Gasteiger partial charge in [0.05, 0.1) is 31.5 Å². The van der Waals surface area contributed by atoms with Gasteiger partial charge in [0.25, 0.3) is 0 Å². The monoisotopic (exact) mass is 510 g/mol. The second-order valence-electron chi connectivity index (χ2n) is 10.4.